The molecule has 0 aliphatic carbocycles. The maximum atomic E-state index is 5.71. The Labute approximate surface area is 104 Å². The molecule has 0 atom stereocenters. The number of methoxy groups -OCH3 is 1. The molecule has 0 spiro atoms. The van der Waals surface area contributed by atoms with Crippen molar-refractivity contribution in [1.29, 1.82) is 0 Å². The van der Waals surface area contributed by atoms with Gasteiger partial charge in [-0.05, 0) is 43.6 Å². The molecule has 0 radical (unpaired) electrons. The molecule has 0 heterocycles. The van der Waals surface area contributed by atoms with Crippen LogP contribution in [0.15, 0.2) is 18.2 Å². The van der Waals surface area contributed by atoms with E-state index in [0.29, 0.717) is 0 Å². The van der Waals surface area contributed by atoms with Gasteiger partial charge in [0.15, 0.2) is 11.5 Å². The van der Waals surface area contributed by atoms with Crippen molar-refractivity contribution >= 4 is 0 Å². The summed E-state index contributed by atoms with van der Waals surface area (Å²) in [6.45, 7) is 6.95. The number of ether oxygens (including phenoxy) is 2. The second kappa shape index (κ2) is 7.96. The molecule has 0 aromatic heterocycles. The molecule has 0 aliphatic rings. The van der Waals surface area contributed by atoms with Crippen LogP contribution in [0, 0.1) is 0 Å². The Morgan fingerprint density at radius 2 is 2.00 bits per heavy atom. The summed E-state index contributed by atoms with van der Waals surface area (Å²) in [5, 5.41) is 3.27. The van der Waals surface area contributed by atoms with Crippen LogP contribution in [0.25, 0.3) is 0 Å². The second-order valence-corrected chi connectivity index (χ2v) is 3.89. The Morgan fingerprint density at radius 1 is 1.18 bits per heavy atom. The average molecular weight is 237 g/mol. The molecule has 0 saturated carbocycles. The van der Waals surface area contributed by atoms with Gasteiger partial charge in [0.2, 0.25) is 0 Å². The van der Waals surface area contributed by atoms with E-state index in [1.807, 2.05) is 12.1 Å². The van der Waals surface area contributed by atoms with Crippen LogP contribution in [0.1, 0.15) is 25.8 Å². The normalized spacial score (nSPS) is 10.3. The van der Waals surface area contributed by atoms with Gasteiger partial charge in [-0.2, -0.15) is 0 Å². The van der Waals surface area contributed by atoms with E-state index in [4.69, 9.17) is 9.47 Å². The zero-order chi connectivity index (χ0) is 12.5. The Balaban J connectivity index is 2.46. The van der Waals surface area contributed by atoms with Crippen LogP contribution >= 0.6 is 0 Å². The fourth-order valence-corrected chi connectivity index (χ4v) is 1.61. The minimum absolute atomic E-state index is 0.717. The van der Waals surface area contributed by atoms with Gasteiger partial charge in [-0.25, -0.2) is 0 Å². The molecular formula is C14H23NO2. The monoisotopic (exact) mass is 237 g/mol. The van der Waals surface area contributed by atoms with Crippen molar-refractivity contribution in [2.24, 2.45) is 0 Å². The van der Waals surface area contributed by atoms with Crippen LogP contribution in [0.4, 0.5) is 0 Å². The SMILES string of the molecule is CCNCCCOc1ccc(CC)cc1OC. The molecule has 1 aromatic carbocycles. The maximum absolute atomic E-state index is 5.71. The van der Waals surface area contributed by atoms with Crippen molar-refractivity contribution < 1.29 is 9.47 Å². The van der Waals surface area contributed by atoms with Crippen LogP contribution in [0.2, 0.25) is 0 Å². The number of nitrogens with one attached hydrogen (secondary N) is 1. The van der Waals surface area contributed by atoms with E-state index in [1.165, 1.54) is 5.56 Å². The minimum atomic E-state index is 0.717. The standard InChI is InChI=1S/C14H23NO2/c1-4-12-7-8-13(14(11-12)16-3)17-10-6-9-15-5-2/h7-8,11,15H,4-6,9-10H2,1-3H3. The lowest BCUT2D eigenvalue weighted by Gasteiger charge is -2.11. The molecule has 96 valence electrons. The highest BCUT2D eigenvalue weighted by Crippen LogP contribution is 2.28. The number of hydrogen-bond donors (Lipinski definition) is 1. The number of hydrogen-bond acceptors (Lipinski definition) is 3. The molecule has 17 heavy (non-hydrogen) atoms. The summed E-state index contributed by atoms with van der Waals surface area (Å²) in [5.74, 6) is 1.66. The molecule has 0 unspecified atom stereocenters. The first-order valence-electron chi connectivity index (χ1n) is 6.32. The van der Waals surface area contributed by atoms with Gasteiger partial charge in [0.05, 0.1) is 13.7 Å². The molecule has 0 saturated heterocycles. The summed E-state index contributed by atoms with van der Waals surface area (Å²) >= 11 is 0. The van der Waals surface area contributed by atoms with Crippen LogP contribution in [-0.2, 0) is 6.42 Å². The summed E-state index contributed by atoms with van der Waals surface area (Å²) < 4.78 is 11.0. The van der Waals surface area contributed by atoms with Gasteiger partial charge in [0, 0.05) is 0 Å². The lowest BCUT2D eigenvalue weighted by molar-refractivity contribution is 0.288. The third-order valence-corrected chi connectivity index (χ3v) is 2.64. The molecule has 0 bridgehead atoms. The van der Waals surface area contributed by atoms with Crippen LogP contribution < -0.4 is 14.8 Å². The van der Waals surface area contributed by atoms with Gasteiger partial charge in [-0.1, -0.05) is 19.9 Å². The lowest BCUT2D eigenvalue weighted by Crippen LogP contribution is -2.16. The zero-order valence-electron chi connectivity index (χ0n) is 11.1. The summed E-state index contributed by atoms with van der Waals surface area (Å²) in [5.41, 5.74) is 1.27. The first-order chi connectivity index (χ1) is 8.31. The maximum Gasteiger partial charge on any atom is 0.161 e. The van der Waals surface area contributed by atoms with Crippen molar-refractivity contribution in [3.8, 4) is 11.5 Å². The molecule has 0 aliphatic heterocycles. The van der Waals surface area contributed by atoms with E-state index < -0.39 is 0 Å². The molecule has 0 fully saturated rings. The van der Waals surface area contributed by atoms with Gasteiger partial charge < -0.3 is 14.8 Å². The lowest BCUT2D eigenvalue weighted by atomic mass is 10.1. The molecule has 3 heteroatoms. The number of aryl methyl sites for hydroxylation is 1. The van der Waals surface area contributed by atoms with Crippen LogP contribution in [0.3, 0.4) is 0 Å². The predicted octanol–water partition coefficient (Wildman–Crippen LogP) is 2.64. The van der Waals surface area contributed by atoms with Crippen LogP contribution in [-0.4, -0.2) is 26.8 Å². The van der Waals surface area contributed by atoms with Crippen molar-refractivity contribution in [3.05, 3.63) is 23.8 Å². The quantitative estimate of drug-likeness (QED) is 0.705. The molecule has 1 rings (SSSR count). The van der Waals surface area contributed by atoms with Gasteiger partial charge in [-0.3, -0.25) is 0 Å². The summed E-state index contributed by atoms with van der Waals surface area (Å²) in [6, 6.07) is 6.12. The predicted molar refractivity (Wildman–Crippen MR) is 71.0 cm³/mol. The third-order valence-electron chi connectivity index (χ3n) is 2.64. The van der Waals surface area contributed by atoms with Crippen LogP contribution in [0.5, 0.6) is 11.5 Å². The first kappa shape index (κ1) is 13.8. The topological polar surface area (TPSA) is 30.5 Å². The van der Waals surface area contributed by atoms with E-state index >= 15 is 0 Å². The van der Waals surface area contributed by atoms with E-state index in [0.717, 1.165) is 44.0 Å². The smallest absolute Gasteiger partial charge is 0.161 e. The summed E-state index contributed by atoms with van der Waals surface area (Å²) in [4.78, 5) is 0. The first-order valence-corrected chi connectivity index (χ1v) is 6.32. The second-order valence-electron chi connectivity index (χ2n) is 3.89. The summed E-state index contributed by atoms with van der Waals surface area (Å²) in [7, 11) is 1.68. The molecular weight excluding hydrogens is 214 g/mol. The highest BCUT2D eigenvalue weighted by atomic mass is 16.5. The Hall–Kier alpha value is -1.22. The van der Waals surface area contributed by atoms with Gasteiger partial charge in [0.25, 0.3) is 0 Å². The van der Waals surface area contributed by atoms with Crippen molar-refractivity contribution in [2.75, 3.05) is 26.8 Å². The molecule has 0 amide bonds. The van der Waals surface area contributed by atoms with E-state index in [9.17, 15) is 0 Å². The minimum Gasteiger partial charge on any atom is -0.493 e. The number of benzene rings is 1. The molecule has 1 N–H and O–H groups in total. The average Bonchev–Trinajstić information content (AvgIpc) is 2.38. The van der Waals surface area contributed by atoms with Gasteiger partial charge in [0.1, 0.15) is 0 Å². The van der Waals surface area contributed by atoms with Gasteiger partial charge in [-0.15, -0.1) is 0 Å². The van der Waals surface area contributed by atoms with Crippen molar-refractivity contribution in [2.45, 2.75) is 26.7 Å². The third kappa shape index (κ3) is 4.65. The van der Waals surface area contributed by atoms with E-state index in [-0.39, 0.29) is 0 Å². The Morgan fingerprint density at radius 3 is 2.65 bits per heavy atom. The van der Waals surface area contributed by atoms with Crippen molar-refractivity contribution in [3.63, 3.8) is 0 Å². The molecule has 1 aromatic rings. The Kier molecular flexibility index (Phi) is 6.48. The zero-order valence-corrected chi connectivity index (χ0v) is 11.1. The largest absolute Gasteiger partial charge is 0.493 e. The fourth-order valence-electron chi connectivity index (χ4n) is 1.61. The highest BCUT2D eigenvalue weighted by Gasteiger charge is 2.04. The fraction of sp³-hybridized carbons (Fsp3) is 0.571. The summed E-state index contributed by atoms with van der Waals surface area (Å²) in [6.07, 6.45) is 2.02. The Bertz CT molecular complexity index is 326. The highest BCUT2D eigenvalue weighted by molar-refractivity contribution is 5.42. The van der Waals surface area contributed by atoms with Gasteiger partial charge >= 0.3 is 0 Å². The van der Waals surface area contributed by atoms with E-state index in [2.05, 4.69) is 25.2 Å². The van der Waals surface area contributed by atoms with E-state index in [1.54, 1.807) is 7.11 Å². The van der Waals surface area contributed by atoms with Crippen molar-refractivity contribution in [1.82, 2.24) is 5.32 Å². The number of rotatable bonds is 8. The molecule has 3 nitrogen and oxygen atoms in total.